The molecule has 1 aromatic heterocycles. The quantitative estimate of drug-likeness (QED) is 0.642. The lowest BCUT2D eigenvalue weighted by molar-refractivity contribution is -0.137. The molecular formula is C15H17N3O4. The Morgan fingerprint density at radius 1 is 1.09 bits per heavy atom. The molecule has 0 saturated heterocycles. The lowest BCUT2D eigenvalue weighted by Crippen LogP contribution is -2.05. The number of aromatic nitrogens is 2. The van der Waals surface area contributed by atoms with Gasteiger partial charge in [0.15, 0.2) is 0 Å². The number of anilines is 1. The molecule has 0 fully saturated rings. The lowest BCUT2D eigenvalue weighted by atomic mass is 10.1. The average molecular weight is 303 g/mol. The first kappa shape index (κ1) is 15.7. The third kappa shape index (κ3) is 4.15. The third-order valence-electron chi connectivity index (χ3n) is 3.24. The van der Waals surface area contributed by atoms with Gasteiger partial charge in [-0.15, -0.1) is 0 Å². The minimum Gasteiger partial charge on any atom is -0.481 e. The Morgan fingerprint density at radius 2 is 1.91 bits per heavy atom. The predicted molar refractivity (Wildman–Crippen MR) is 81.1 cm³/mol. The highest BCUT2D eigenvalue weighted by molar-refractivity contribution is 5.96. The highest BCUT2D eigenvalue weighted by Gasteiger charge is 2.07. The molecule has 0 aliphatic heterocycles. The van der Waals surface area contributed by atoms with E-state index in [0.29, 0.717) is 24.3 Å². The number of carboxylic acid groups (broad SMARTS) is 2. The molecule has 2 rings (SSSR count). The van der Waals surface area contributed by atoms with E-state index < -0.39 is 11.9 Å². The van der Waals surface area contributed by atoms with Crippen molar-refractivity contribution in [2.75, 3.05) is 11.9 Å². The fraction of sp³-hybridized carbons (Fsp3) is 0.333. The second kappa shape index (κ2) is 7.35. The van der Waals surface area contributed by atoms with Crippen LogP contribution < -0.4 is 5.32 Å². The first-order chi connectivity index (χ1) is 10.6. The Kier molecular flexibility index (Phi) is 5.24. The number of aromatic carboxylic acids is 1. The number of aliphatic carboxylic acids is 1. The number of hydrogen-bond acceptors (Lipinski definition) is 5. The maximum absolute atomic E-state index is 10.9. The van der Waals surface area contributed by atoms with Crippen LogP contribution in [0, 0.1) is 0 Å². The van der Waals surface area contributed by atoms with Crippen molar-refractivity contribution in [3.63, 3.8) is 0 Å². The van der Waals surface area contributed by atoms with Crippen molar-refractivity contribution in [2.45, 2.75) is 25.7 Å². The molecule has 0 atom stereocenters. The van der Waals surface area contributed by atoms with Gasteiger partial charge in [0.1, 0.15) is 12.1 Å². The van der Waals surface area contributed by atoms with Crippen LogP contribution in [0.25, 0.3) is 10.9 Å². The van der Waals surface area contributed by atoms with Crippen LogP contribution in [0.4, 0.5) is 5.82 Å². The highest BCUT2D eigenvalue weighted by atomic mass is 16.4. The minimum absolute atomic E-state index is 0.186. The highest BCUT2D eigenvalue weighted by Crippen LogP contribution is 2.20. The summed E-state index contributed by atoms with van der Waals surface area (Å²) in [4.78, 5) is 29.6. The summed E-state index contributed by atoms with van der Waals surface area (Å²) in [6.07, 6.45) is 3.90. The van der Waals surface area contributed by atoms with E-state index in [1.807, 2.05) is 0 Å². The number of nitrogens with zero attached hydrogens (tertiary/aromatic N) is 2. The SMILES string of the molecule is O=C(O)CCCCCNc1ncnc2cc(C(=O)O)ccc12. The Hall–Kier alpha value is -2.70. The van der Waals surface area contributed by atoms with E-state index >= 15 is 0 Å². The van der Waals surface area contributed by atoms with E-state index in [9.17, 15) is 9.59 Å². The molecule has 7 nitrogen and oxygen atoms in total. The molecule has 0 spiro atoms. The molecule has 0 unspecified atom stereocenters. The molecule has 0 saturated carbocycles. The molecule has 0 radical (unpaired) electrons. The lowest BCUT2D eigenvalue weighted by Gasteiger charge is -2.08. The summed E-state index contributed by atoms with van der Waals surface area (Å²) in [7, 11) is 0. The van der Waals surface area contributed by atoms with Gasteiger partial charge in [-0.3, -0.25) is 4.79 Å². The van der Waals surface area contributed by atoms with Gasteiger partial charge >= 0.3 is 11.9 Å². The van der Waals surface area contributed by atoms with Crippen LogP contribution >= 0.6 is 0 Å². The van der Waals surface area contributed by atoms with Crippen molar-refractivity contribution in [3.8, 4) is 0 Å². The topological polar surface area (TPSA) is 112 Å². The number of rotatable bonds is 8. The zero-order chi connectivity index (χ0) is 15.9. The van der Waals surface area contributed by atoms with Gasteiger partial charge in [-0.1, -0.05) is 6.42 Å². The van der Waals surface area contributed by atoms with E-state index in [1.165, 1.54) is 18.5 Å². The Morgan fingerprint density at radius 3 is 2.64 bits per heavy atom. The predicted octanol–water partition coefficient (Wildman–Crippen LogP) is 2.38. The van der Waals surface area contributed by atoms with Gasteiger partial charge < -0.3 is 15.5 Å². The number of carbonyl (C=O) groups is 2. The van der Waals surface area contributed by atoms with Gasteiger partial charge in [0, 0.05) is 18.4 Å². The fourth-order valence-corrected chi connectivity index (χ4v) is 2.12. The smallest absolute Gasteiger partial charge is 0.335 e. The number of hydrogen-bond donors (Lipinski definition) is 3. The minimum atomic E-state index is -0.992. The zero-order valence-electron chi connectivity index (χ0n) is 12.0. The van der Waals surface area contributed by atoms with E-state index in [1.54, 1.807) is 6.07 Å². The summed E-state index contributed by atoms with van der Waals surface area (Å²) < 4.78 is 0. The molecule has 2 aromatic rings. The largest absolute Gasteiger partial charge is 0.481 e. The van der Waals surface area contributed by atoms with Crippen LogP contribution in [0.2, 0.25) is 0 Å². The van der Waals surface area contributed by atoms with Gasteiger partial charge in [0.2, 0.25) is 0 Å². The van der Waals surface area contributed by atoms with Crippen molar-refractivity contribution in [1.82, 2.24) is 9.97 Å². The second-order valence-corrected chi connectivity index (χ2v) is 4.89. The normalized spacial score (nSPS) is 10.5. The molecule has 116 valence electrons. The second-order valence-electron chi connectivity index (χ2n) is 4.89. The summed E-state index contributed by atoms with van der Waals surface area (Å²) in [5, 5.41) is 21.5. The third-order valence-corrected chi connectivity index (χ3v) is 3.24. The van der Waals surface area contributed by atoms with Gasteiger partial charge in [0.05, 0.1) is 11.1 Å². The van der Waals surface area contributed by atoms with Crippen molar-refractivity contribution in [2.24, 2.45) is 0 Å². The van der Waals surface area contributed by atoms with Crippen LogP contribution in [0.1, 0.15) is 36.0 Å². The van der Waals surface area contributed by atoms with E-state index in [0.717, 1.165) is 18.2 Å². The molecule has 7 heteroatoms. The molecule has 3 N–H and O–H groups in total. The van der Waals surface area contributed by atoms with Gasteiger partial charge in [-0.25, -0.2) is 14.8 Å². The van der Waals surface area contributed by atoms with Crippen LogP contribution in [0.3, 0.4) is 0 Å². The molecule has 22 heavy (non-hydrogen) atoms. The Bertz CT molecular complexity index is 688. The van der Waals surface area contributed by atoms with E-state index in [-0.39, 0.29) is 12.0 Å². The molecular weight excluding hydrogens is 286 g/mol. The van der Waals surface area contributed by atoms with Crippen LogP contribution in [-0.4, -0.2) is 38.7 Å². The van der Waals surface area contributed by atoms with Crippen molar-refractivity contribution < 1.29 is 19.8 Å². The van der Waals surface area contributed by atoms with Crippen molar-refractivity contribution in [1.29, 1.82) is 0 Å². The van der Waals surface area contributed by atoms with E-state index in [4.69, 9.17) is 10.2 Å². The maximum atomic E-state index is 10.9. The first-order valence-electron chi connectivity index (χ1n) is 7.01. The molecule has 0 aliphatic rings. The fourth-order valence-electron chi connectivity index (χ4n) is 2.12. The molecule has 0 aliphatic carbocycles. The van der Waals surface area contributed by atoms with Crippen molar-refractivity contribution >= 4 is 28.7 Å². The Balaban J connectivity index is 1.96. The standard InChI is InChI=1S/C15H17N3O4/c19-13(20)4-2-1-3-7-16-14-11-6-5-10(15(21)22)8-12(11)17-9-18-14/h5-6,8-9H,1-4,7H2,(H,19,20)(H,21,22)(H,16,17,18). The number of benzene rings is 1. The van der Waals surface area contributed by atoms with Crippen LogP contribution in [-0.2, 0) is 4.79 Å². The van der Waals surface area contributed by atoms with E-state index in [2.05, 4.69) is 15.3 Å². The summed E-state index contributed by atoms with van der Waals surface area (Å²) in [6, 6.07) is 4.72. The summed E-state index contributed by atoms with van der Waals surface area (Å²) >= 11 is 0. The summed E-state index contributed by atoms with van der Waals surface area (Å²) in [6.45, 7) is 0.673. The van der Waals surface area contributed by atoms with Crippen molar-refractivity contribution in [3.05, 3.63) is 30.1 Å². The molecule has 0 amide bonds. The summed E-state index contributed by atoms with van der Waals surface area (Å²) in [5.74, 6) is -1.11. The van der Waals surface area contributed by atoms with Crippen LogP contribution in [0.5, 0.6) is 0 Å². The zero-order valence-corrected chi connectivity index (χ0v) is 12.0. The van der Waals surface area contributed by atoms with Gasteiger partial charge in [-0.05, 0) is 31.0 Å². The molecule has 0 bridgehead atoms. The van der Waals surface area contributed by atoms with Crippen LogP contribution in [0.15, 0.2) is 24.5 Å². The summed E-state index contributed by atoms with van der Waals surface area (Å²) in [5.41, 5.74) is 0.758. The number of carboxylic acids is 2. The Labute approximate surface area is 127 Å². The maximum Gasteiger partial charge on any atom is 0.335 e. The van der Waals surface area contributed by atoms with Gasteiger partial charge in [-0.2, -0.15) is 0 Å². The molecule has 1 heterocycles. The monoisotopic (exact) mass is 303 g/mol. The van der Waals surface area contributed by atoms with Gasteiger partial charge in [0.25, 0.3) is 0 Å². The average Bonchev–Trinajstić information content (AvgIpc) is 2.49. The number of nitrogens with one attached hydrogen (secondary N) is 1. The molecule has 1 aromatic carbocycles. The number of unbranched alkanes of at least 4 members (excludes halogenated alkanes) is 2. The number of fused-ring (bicyclic) bond motifs is 1. The first-order valence-corrected chi connectivity index (χ1v) is 7.01.